The lowest BCUT2D eigenvalue weighted by atomic mass is 9.94. The van der Waals surface area contributed by atoms with Crippen molar-refractivity contribution in [2.75, 3.05) is 7.11 Å². The molecule has 0 bridgehead atoms. The summed E-state index contributed by atoms with van der Waals surface area (Å²) in [6.45, 7) is 0.123. The summed E-state index contributed by atoms with van der Waals surface area (Å²) < 4.78 is 10.1. The van der Waals surface area contributed by atoms with Gasteiger partial charge in [0.1, 0.15) is 6.61 Å². The summed E-state index contributed by atoms with van der Waals surface area (Å²) in [5, 5.41) is 16.7. The van der Waals surface area contributed by atoms with Crippen LogP contribution in [-0.2, 0) is 28.9 Å². The number of amides is 2. The van der Waals surface area contributed by atoms with Crippen molar-refractivity contribution < 1.29 is 24.2 Å². The number of carbonyl (C=O) groups excluding carboxylic acids is 2. The van der Waals surface area contributed by atoms with E-state index in [0.717, 1.165) is 16.0 Å². The number of carbonyl (C=O) groups is 2. The minimum atomic E-state index is -0.949. The van der Waals surface area contributed by atoms with Gasteiger partial charge in [-0.1, -0.05) is 60.7 Å². The molecule has 1 aromatic heterocycles. The highest BCUT2D eigenvalue weighted by molar-refractivity contribution is 7.09. The Morgan fingerprint density at radius 2 is 1.62 bits per heavy atom. The Balaban J connectivity index is 1.68. The number of hydrogen-bond acceptors (Lipinski definition) is 7. The Bertz CT molecular complexity index is 1000. The Kier molecular flexibility index (Phi) is 9.87. The first-order valence-electron chi connectivity index (χ1n) is 10.9. The molecule has 34 heavy (non-hydrogen) atoms. The van der Waals surface area contributed by atoms with Crippen molar-refractivity contribution in [3.05, 3.63) is 88.4 Å². The number of rotatable bonds is 11. The maximum atomic E-state index is 12.5. The van der Waals surface area contributed by atoms with Gasteiger partial charge in [-0.25, -0.2) is 9.59 Å². The van der Waals surface area contributed by atoms with E-state index < -0.39 is 30.4 Å². The minimum absolute atomic E-state index is 0.123. The van der Waals surface area contributed by atoms with Crippen molar-refractivity contribution in [2.24, 2.45) is 0 Å². The van der Waals surface area contributed by atoms with Gasteiger partial charge in [0.05, 0.1) is 29.6 Å². The average molecular weight is 484 g/mol. The van der Waals surface area contributed by atoms with Crippen molar-refractivity contribution in [1.82, 2.24) is 15.6 Å². The molecule has 0 unspecified atom stereocenters. The lowest BCUT2D eigenvalue weighted by molar-refractivity contribution is 0.0926. The normalized spacial score (nSPS) is 13.4. The average Bonchev–Trinajstić information content (AvgIpc) is 3.37. The topological polar surface area (TPSA) is 110 Å². The van der Waals surface area contributed by atoms with Crippen molar-refractivity contribution in [3.8, 4) is 0 Å². The number of hydrogen-bond donors (Lipinski definition) is 3. The number of thiazole rings is 1. The number of ether oxygens (including phenoxy) is 2. The van der Waals surface area contributed by atoms with Crippen molar-refractivity contribution in [3.63, 3.8) is 0 Å². The summed E-state index contributed by atoms with van der Waals surface area (Å²) in [5.74, 6) is 0. The zero-order chi connectivity index (χ0) is 24.2. The molecule has 0 saturated heterocycles. The van der Waals surface area contributed by atoms with Crippen LogP contribution in [0.1, 0.15) is 22.4 Å². The molecular formula is C25H29N3O5S. The number of benzene rings is 2. The Morgan fingerprint density at radius 3 is 2.21 bits per heavy atom. The van der Waals surface area contributed by atoms with Crippen LogP contribution in [0.5, 0.6) is 0 Å². The van der Waals surface area contributed by atoms with E-state index >= 15 is 0 Å². The quantitative estimate of drug-likeness (QED) is 0.384. The summed E-state index contributed by atoms with van der Waals surface area (Å²) in [6, 6.07) is 18.2. The SMILES string of the molecule is COC(=O)N[C@@H](Cc1ccccc1)[C@@H](O)C[C@H](Cc1ccccc1)NC(=O)OCc1cncs1. The fourth-order valence-electron chi connectivity index (χ4n) is 3.57. The van der Waals surface area contributed by atoms with E-state index in [2.05, 4.69) is 15.6 Å². The van der Waals surface area contributed by atoms with E-state index in [1.807, 2.05) is 60.7 Å². The van der Waals surface area contributed by atoms with Crippen LogP contribution in [0.4, 0.5) is 9.59 Å². The van der Waals surface area contributed by atoms with Crippen LogP contribution >= 0.6 is 11.3 Å². The maximum Gasteiger partial charge on any atom is 0.407 e. The maximum absolute atomic E-state index is 12.5. The van der Waals surface area contributed by atoms with Gasteiger partial charge in [0.15, 0.2) is 0 Å². The van der Waals surface area contributed by atoms with E-state index in [9.17, 15) is 14.7 Å². The standard InChI is InChI=1S/C25H29N3O5S/c1-32-24(30)28-22(13-19-10-6-3-7-11-19)23(29)14-20(12-18-8-4-2-5-9-18)27-25(31)33-16-21-15-26-17-34-21/h2-11,15,17,20,22-23,29H,12-14,16H2,1H3,(H,27,31)(H,28,30)/t20-,22-,23-/m0/s1. The molecule has 0 aliphatic carbocycles. The van der Waals surface area contributed by atoms with Gasteiger partial charge in [-0.15, -0.1) is 11.3 Å². The van der Waals surface area contributed by atoms with Crippen molar-refractivity contribution >= 4 is 23.5 Å². The third-order valence-electron chi connectivity index (χ3n) is 5.25. The predicted octanol–water partition coefficient (Wildman–Crippen LogP) is 3.70. The summed E-state index contributed by atoms with van der Waals surface area (Å²) >= 11 is 1.40. The molecule has 0 radical (unpaired) electrons. The van der Waals surface area contributed by atoms with E-state index in [4.69, 9.17) is 9.47 Å². The fraction of sp³-hybridized carbons (Fsp3) is 0.320. The Morgan fingerprint density at radius 1 is 0.971 bits per heavy atom. The lowest BCUT2D eigenvalue weighted by Crippen LogP contribution is -2.48. The first kappa shape index (κ1) is 25.2. The molecule has 0 saturated carbocycles. The molecule has 0 aliphatic rings. The number of alkyl carbamates (subject to hydrolysis) is 2. The van der Waals surface area contributed by atoms with Crippen molar-refractivity contribution in [2.45, 2.75) is 44.1 Å². The van der Waals surface area contributed by atoms with Gasteiger partial charge in [0.25, 0.3) is 0 Å². The van der Waals surface area contributed by atoms with Gasteiger partial charge < -0.3 is 25.2 Å². The van der Waals surface area contributed by atoms with Crippen LogP contribution in [0.25, 0.3) is 0 Å². The largest absolute Gasteiger partial charge is 0.453 e. The van der Waals surface area contributed by atoms with Gasteiger partial charge in [-0.05, 0) is 30.4 Å². The van der Waals surface area contributed by atoms with Gasteiger partial charge in [0, 0.05) is 12.2 Å². The molecule has 2 aromatic carbocycles. The summed E-state index contributed by atoms with van der Waals surface area (Å²) in [4.78, 5) is 29.2. The number of nitrogens with zero attached hydrogens (tertiary/aromatic N) is 1. The molecule has 8 nitrogen and oxygen atoms in total. The van der Waals surface area contributed by atoms with Crippen molar-refractivity contribution in [1.29, 1.82) is 0 Å². The van der Waals surface area contributed by atoms with Crippen LogP contribution in [0.3, 0.4) is 0 Å². The van der Waals surface area contributed by atoms with E-state index in [1.54, 1.807) is 11.7 Å². The first-order chi connectivity index (χ1) is 16.5. The third kappa shape index (κ3) is 8.49. The molecule has 0 spiro atoms. The van der Waals surface area contributed by atoms with Crippen LogP contribution in [0.2, 0.25) is 0 Å². The summed E-state index contributed by atoms with van der Waals surface area (Å²) in [6.07, 6.45) is 0.588. The fourth-order valence-corrected chi connectivity index (χ4v) is 4.07. The van der Waals surface area contributed by atoms with Gasteiger partial charge in [-0.2, -0.15) is 0 Å². The number of aliphatic hydroxyl groups excluding tert-OH is 1. The first-order valence-corrected chi connectivity index (χ1v) is 11.8. The molecule has 0 aliphatic heterocycles. The Hall–Kier alpha value is -3.43. The van der Waals surface area contributed by atoms with Gasteiger partial charge >= 0.3 is 12.2 Å². The second kappa shape index (κ2) is 13.3. The van der Waals surface area contributed by atoms with E-state index in [0.29, 0.717) is 12.8 Å². The summed E-state index contributed by atoms with van der Waals surface area (Å²) in [5.41, 5.74) is 3.63. The highest BCUT2D eigenvalue weighted by atomic mass is 32.1. The third-order valence-corrected chi connectivity index (χ3v) is 6.01. The van der Waals surface area contributed by atoms with E-state index in [1.165, 1.54) is 18.4 Å². The molecule has 9 heteroatoms. The van der Waals surface area contributed by atoms with Crippen LogP contribution < -0.4 is 10.6 Å². The van der Waals surface area contributed by atoms with Crippen LogP contribution in [-0.4, -0.2) is 47.6 Å². The lowest BCUT2D eigenvalue weighted by Gasteiger charge is -2.28. The van der Waals surface area contributed by atoms with Gasteiger partial charge in [-0.3, -0.25) is 4.98 Å². The zero-order valence-electron chi connectivity index (χ0n) is 18.9. The second-order valence-corrected chi connectivity index (χ2v) is 8.78. The predicted molar refractivity (Wildman–Crippen MR) is 129 cm³/mol. The van der Waals surface area contributed by atoms with E-state index in [-0.39, 0.29) is 13.0 Å². The number of methoxy groups -OCH3 is 1. The highest BCUT2D eigenvalue weighted by Crippen LogP contribution is 2.15. The molecule has 3 atom stereocenters. The highest BCUT2D eigenvalue weighted by Gasteiger charge is 2.26. The monoisotopic (exact) mass is 483 g/mol. The molecule has 3 N–H and O–H groups in total. The minimum Gasteiger partial charge on any atom is -0.453 e. The molecule has 3 aromatic rings. The van der Waals surface area contributed by atoms with Crippen LogP contribution in [0, 0.1) is 0 Å². The molecule has 180 valence electrons. The molecule has 0 fully saturated rings. The number of nitrogens with one attached hydrogen (secondary N) is 2. The number of aromatic nitrogens is 1. The Labute approximate surface area is 202 Å². The van der Waals surface area contributed by atoms with Gasteiger partial charge in [0.2, 0.25) is 0 Å². The molecule has 1 heterocycles. The number of aliphatic hydroxyl groups is 1. The zero-order valence-corrected chi connectivity index (χ0v) is 19.7. The molecule has 2 amide bonds. The summed E-state index contributed by atoms with van der Waals surface area (Å²) in [7, 11) is 1.28. The van der Waals surface area contributed by atoms with Crippen LogP contribution in [0.15, 0.2) is 72.4 Å². The molecular weight excluding hydrogens is 454 g/mol. The second-order valence-electron chi connectivity index (χ2n) is 7.81. The smallest absolute Gasteiger partial charge is 0.407 e. The molecule has 3 rings (SSSR count).